The summed E-state index contributed by atoms with van der Waals surface area (Å²) in [5.74, 6) is 1.95. The van der Waals surface area contributed by atoms with Gasteiger partial charge in [-0.25, -0.2) is 4.98 Å². The molecule has 1 aromatic heterocycles. The van der Waals surface area contributed by atoms with Crippen LogP contribution >= 0.6 is 11.6 Å². The molecule has 3 rings (SSSR count). The largest absolute Gasteiger partial charge is 0.487 e. The van der Waals surface area contributed by atoms with Crippen LogP contribution in [-0.4, -0.2) is 17.9 Å². The molecule has 0 aliphatic carbocycles. The second-order valence-electron chi connectivity index (χ2n) is 4.30. The highest BCUT2D eigenvalue weighted by molar-refractivity contribution is 6.34. The summed E-state index contributed by atoms with van der Waals surface area (Å²) < 4.78 is 16.7. The molecule has 0 fully saturated rings. The van der Waals surface area contributed by atoms with Gasteiger partial charge in [-0.1, -0.05) is 11.6 Å². The van der Waals surface area contributed by atoms with E-state index in [2.05, 4.69) is 4.98 Å². The van der Waals surface area contributed by atoms with Gasteiger partial charge >= 0.3 is 0 Å². The number of benzene rings is 1. The van der Waals surface area contributed by atoms with Crippen LogP contribution in [0, 0.1) is 0 Å². The molecule has 0 atom stereocenters. The predicted molar refractivity (Wildman–Crippen MR) is 68.6 cm³/mol. The molecule has 5 heteroatoms. The third kappa shape index (κ3) is 1.73. The summed E-state index contributed by atoms with van der Waals surface area (Å²) in [6.45, 7) is 4.11. The quantitative estimate of drug-likeness (QED) is 0.781. The number of hydrogen-bond donors (Lipinski definition) is 0. The average molecular weight is 266 g/mol. The first-order chi connectivity index (χ1) is 8.66. The smallest absolute Gasteiger partial charge is 0.231 e. The lowest BCUT2D eigenvalue weighted by molar-refractivity contribution is 0.166. The fourth-order valence-electron chi connectivity index (χ4n) is 1.98. The molecule has 0 radical (unpaired) electrons. The average Bonchev–Trinajstić information content (AvgIpc) is 2.79. The number of pyridine rings is 1. The Bertz CT molecular complexity index is 613. The Morgan fingerprint density at radius 2 is 2.06 bits per heavy atom. The molecule has 1 aliphatic heterocycles. The van der Waals surface area contributed by atoms with E-state index < -0.39 is 0 Å². The summed E-state index contributed by atoms with van der Waals surface area (Å²) >= 11 is 6.10. The molecule has 0 spiro atoms. The third-order valence-electron chi connectivity index (χ3n) is 2.66. The minimum Gasteiger partial charge on any atom is -0.487 e. The highest BCUT2D eigenvalue weighted by Gasteiger charge is 2.24. The first-order valence-corrected chi connectivity index (χ1v) is 6.08. The molecular weight excluding hydrogens is 254 g/mol. The Balaban J connectivity index is 2.28. The van der Waals surface area contributed by atoms with Crippen molar-refractivity contribution in [3.05, 3.63) is 23.5 Å². The van der Waals surface area contributed by atoms with E-state index in [9.17, 15) is 0 Å². The Morgan fingerprint density at radius 1 is 1.28 bits per heavy atom. The molecular formula is C13H12ClNO3. The van der Waals surface area contributed by atoms with Crippen LogP contribution in [0.25, 0.3) is 10.8 Å². The summed E-state index contributed by atoms with van der Waals surface area (Å²) in [7, 11) is 0. The summed E-state index contributed by atoms with van der Waals surface area (Å²) in [5, 5.41) is 2.12. The lowest BCUT2D eigenvalue weighted by Crippen LogP contribution is -2.06. The van der Waals surface area contributed by atoms with Crippen LogP contribution in [0.2, 0.25) is 5.15 Å². The van der Waals surface area contributed by atoms with Crippen molar-refractivity contribution in [1.29, 1.82) is 0 Å². The number of fused-ring (bicyclic) bond motifs is 3. The molecule has 0 saturated heterocycles. The van der Waals surface area contributed by atoms with Gasteiger partial charge in [-0.05, 0) is 26.0 Å². The SMILES string of the molecule is CC(C)Oc1cc2c(Cl)nccc2c2c1OCO2. The van der Waals surface area contributed by atoms with Gasteiger partial charge in [-0.3, -0.25) is 0 Å². The molecule has 0 N–H and O–H groups in total. The minimum absolute atomic E-state index is 0.0474. The van der Waals surface area contributed by atoms with Gasteiger partial charge < -0.3 is 14.2 Å². The Labute approximate surface area is 109 Å². The van der Waals surface area contributed by atoms with E-state index >= 15 is 0 Å². The molecule has 0 unspecified atom stereocenters. The molecule has 1 aliphatic rings. The molecule has 2 aromatic rings. The third-order valence-corrected chi connectivity index (χ3v) is 2.96. The van der Waals surface area contributed by atoms with Crippen LogP contribution in [0.5, 0.6) is 17.2 Å². The van der Waals surface area contributed by atoms with Crippen LogP contribution < -0.4 is 14.2 Å². The number of ether oxygens (including phenoxy) is 3. The van der Waals surface area contributed by atoms with Gasteiger partial charge in [0.05, 0.1) is 6.10 Å². The van der Waals surface area contributed by atoms with E-state index in [0.29, 0.717) is 22.4 Å². The van der Waals surface area contributed by atoms with E-state index in [-0.39, 0.29) is 12.9 Å². The first-order valence-electron chi connectivity index (χ1n) is 5.70. The molecule has 0 amide bonds. The zero-order chi connectivity index (χ0) is 12.7. The minimum atomic E-state index is 0.0474. The van der Waals surface area contributed by atoms with Gasteiger partial charge in [-0.2, -0.15) is 0 Å². The van der Waals surface area contributed by atoms with Crippen molar-refractivity contribution in [2.45, 2.75) is 20.0 Å². The second kappa shape index (κ2) is 4.21. The monoisotopic (exact) mass is 265 g/mol. The van der Waals surface area contributed by atoms with Crippen molar-refractivity contribution < 1.29 is 14.2 Å². The van der Waals surface area contributed by atoms with E-state index in [1.165, 1.54) is 0 Å². The lowest BCUT2D eigenvalue weighted by Gasteiger charge is -2.13. The molecule has 4 nitrogen and oxygen atoms in total. The van der Waals surface area contributed by atoms with Gasteiger partial charge in [0, 0.05) is 17.0 Å². The standard InChI is InChI=1S/C13H12ClNO3/c1-7(2)18-10-5-9-8(3-4-15-13(9)14)11-12(10)17-6-16-11/h3-5,7H,6H2,1-2H3. The second-order valence-corrected chi connectivity index (χ2v) is 4.66. The van der Waals surface area contributed by atoms with Gasteiger partial charge in [0.15, 0.2) is 11.5 Å². The van der Waals surface area contributed by atoms with Crippen LogP contribution in [0.15, 0.2) is 18.3 Å². The van der Waals surface area contributed by atoms with E-state index in [1.54, 1.807) is 6.20 Å². The normalized spacial score (nSPS) is 13.3. The summed E-state index contributed by atoms with van der Waals surface area (Å²) in [5.41, 5.74) is 0. The van der Waals surface area contributed by atoms with Gasteiger partial charge in [0.2, 0.25) is 12.5 Å². The molecule has 1 aromatic carbocycles. The number of halogens is 1. The van der Waals surface area contributed by atoms with Crippen LogP contribution in [0.3, 0.4) is 0 Å². The Morgan fingerprint density at radius 3 is 2.83 bits per heavy atom. The van der Waals surface area contributed by atoms with E-state index in [1.807, 2.05) is 26.0 Å². The maximum absolute atomic E-state index is 6.10. The first kappa shape index (κ1) is 11.4. The summed E-state index contributed by atoms with van der Waals surface area (Å²) in [6, 6.07) is 3.70. The fraction of sp³-hybridized carbons (Fsp3) is 0.308. The molecule has 0 bridgehead atoms. The Kier molecular flexibility index (Phi) is 2.67. The van der Waals surface area contributed by atoms with E-state index in [4.69, 9.17) is 25.8 Å². The van der Waals surface area contributed by atoms with Crippen molar-refractivity contribution in [3.63, 3.8) is 0 Å². The van der Waals surface area contributed by atoms with Crippen LogP contribution in [0.1, 0.15) is 13.8 Å². The number of hydrogen-bond acceptors (Lipinski definition) is 4. The van der Waals surface area contributed by atoms with Crippen molar-refractivity contribution >= 4 is 22.4 Å². The maximum atomic E-state index is 6.10. The van der Waals surface area contributed by atoms with Crippen molar-refractivity contribution in [3.8, 4) is 17.2 Å². The highest BCUT2D eigenvalue weighted by Crippen LogP contribution is 2.47. The Hall–Kier alpha value is -1.68. The number of nitrogens with zero attached hydrogens (tertiary/aromatic N) is 1. The zero-order valence-corrected chi connectivity index (χ0v) is 10.8. The fourth-order valence-corrected chi connectivity index (χ4v) is 2.20. The maximum Gasteiger partial charge on any atom is 0.231 e. The van der Waals surface area contributed by atoms with Crippen LogP contribution in [0.4, 0.5) is 0 Å². The van der Waals surface area contributed by atoms with Crippen molar-refractivity contribution in [2.75, 3.05) is 6.79 Å². The topological polar surface area (TPSA) is 40.6 Å². The van der Waals surface area contributed by atoms with Crippen molar-refractivity contribution in [1.82, 2.24) is 4.98 Å². The summed E-state index contributed by atoms with van der Waals surface area (Å²) in [4.78, 5) is 4.07. The van der Waals surface area contributed by atoms with Crippen molar-refractivity contribution in [2.24, 2.45) is 0 Å². The predicted octanol–water partition coefficient (Wildman–Crippen LogP) is 3.40. The van der Waals surface area contributed by atoms with E-state index in [0.717, 1.165) is 10.8 Å². The van der Waals surface area contributed by atoms with Gasteiger partial charge in [0.25, 0.3) is 0 Å². The summed E-state index contributed by atoms with van der Waals surface area (Å²) in [6.07, 6.45) is 1.70. The molecule has 18 heavy (non-hydrogen) atoms. The van der Waals surface area contributed by atoms with Gasteiger partial charge in [0.1, 0.15) is 5.15 Å². The number of aromatic nitrogens is 1. The lowest BCUT2D eigenvalue weighted by atomic mass is 10.1. The number of rotatable bonds is 2. The van der Waals surface area contributed by atoms with Gasteiger partial charge in [-0.15, -0.1) is 0 Å². The molecule has 0 saturated carbocycles. The van der Waals surface area contributed by atoms with Crippen LogP contribution in [-0.2, 0) is 0 Å². The molecule has 2 heterocycles. The highest BCUT2D eigenvalue weighted by atomic mass is 35.5. The molecule has 94 valence electrons. The zero-order valence-electron chi connectivity index (χ0n) is 10.1.